The molecule has 1 amide bonds. The number of benzene rings is 1. The third-order valence-electron chi connectivity index (χ3n) is 4.62. The number of amides is 1. The van der Waals surface area contributed by atoms with E-state index in [1.54, 1.807) is 0 Å². The summed E-state index contributed by atoms with van der Waals surface area (Å²) in [6.45, 7) is 6.77. The van der Waals surface area contributed by atoms with E-state index in [2.05, 4.69) is 16.0 Å². The molecule has 1 aromatic carbocycles. The van der Waals surface area contributed by atoms with Crippen LogP contribution in [0.4, 0.5) is 5.82 Å². The number of nitrogens with zero attached hydrogens (tertiary/aromatic N) is 4. The fourth-order valence-corrected chi connectivity index (χ4v) is 2.99. The summed E-state index contributed by atoms with van der Waals surface area (Å²) in [6.07, 6.45) is 0.446. The van der Waals surface area contributed by atoms with Crippen molar-refractivity contribution in [1.29, 1.82) is 5.26 Å². The molecule has 0 saturated carbocycles. The number of nitriles is 1. The quantitative estimate of drug-likeness (QED) is 0.865. The molecule has 5 heteroatoms. The zero-order valence-electron chi connectivity index (χ0n) is 14.7. The van der Waals surface area contributed by atoms with E-state index < -0.39 is 0 Å². The van der Waals surface area contributed by atoms with Crippen LogP contribution in [0.2, 0.25) is 0 Å². The molecule has 0 unspecified atom stereocenters. The van der Waals surface area contributed by atoms with Gasteiger partial charge in [0.05, 0.1) is 6.42 Å². The highest BCUT2D eigenvalue weighted by molar-refractivity contribution is 5.79. The van der Waals surface area contributed by atoms with Crippen LogP contribution in [0.5, 0.6) is 0 Å². The van der Waals surface area contributed by atoms with Gasteiger partial charge < -0.3 is 9.80 Å². The van der Waals surface area contributed by atoms with Gasteiger partial charge in [-0.25, -0.2) is 4.98 Å². The summed E-state index contributed by atoms with van der Waals surface area (Å²) in [7, 11) is 0. The van der Waals surface area contributed by atoms with Gasteiger partial charge in [0, 0.05) is 26.2 Å². The van der Waals surface area contributed by atoms with Gasteiger partial charge in [0.2, 0.25) is 5.91 Å². The Labute approximate surface area is 148 Å². The number of rotatable bonds is 3. The van der Waals surface area contributed by atoms with Gasteiger partial charge in [-0.2, -0.15) is 5.26 Å². The average molecular weight is 334 g/mol. The van der Waals surface area contributed by atoms with Gasteiger partial charge in [-0.1, -0.05) is 35.9 Å². The standard InChI is InChI=1S/C20H22N4O/c1-15-3-6-17(7-4-15)13-20(25)24-11-9-23(10-12-24)19-8-5-16(2)18(14-21)22-19/h3-8H,9-13H2,1-2H3. The molecule has 25 heavy (non-hydrogen) atoms. The van der Waals surface area contributed by atoms with Crippen molar-refractivity contribution in [3.05, 3.63) is 58.8 Å². The Morgan fingerprint density at radius 2 is 1.76 bits per heavy atom. The predicted octanol–water partition coefficient (Wildman–Crippen LogP) is 2.46. The molecule has 2 heterocycles. The Bertz CT molecular complexity index is 799. The molecule has 5 nitrogen and oxygen atoms in total. The van der Waals surface area contributed by atoms with Crippen molar-refractivity contribution in [2.45, 2.75) is 20.3 Å². The molecule has 0 atom stereocenters. The molecule has 1 aromatic heterocycles. The molecule has 1 fully saturated rings. The van der Waals surface area contributed by atoms with Crippen LogP contribution < -0.4 is 4.90 Å². The summed E-state index contributed by atoms with van der Waals surface area (Å²) in [5.74, 6) is 0.978. The lowest BCUT2D eigenvalue weighted by Crippen LogP contribution is -2.49. The van der Waals surface area contributed by atoms with Crippen molar-refractivity contribution in [3.8, 4) is 6.07 Å². The highest BCUT2D eigenvalue weighted by atomic mass is 16.2. The van der Waals surface area contributed by atoms with Crippen LogP contribution in [-0.4, -0.2) is 42.0 Å². The minimum Gasteiger partial charge on any atom is -0.353 e. The summed E-state index contributed by atoms with van der Waals surface area (Å²) >= 11 is 0. The third kappa shape index (κ3) is 3.97. The highest BCUT2D eigenvalue weighted by Gasteiger charge is 2.22. The lowest BCUT2D eigenvalue weighted by Gasteiger charge is -2.35. The smallest absolute Gasteiger partial charge is 0.227 e. The molecule has 1 saturated heterocycles. The van der Waals surface area contributed by atoms with Crippen molar-refractivity contribution in [1.82, 2.24) is 9.88 Å². The van der Waals surface area contributed by atoms with Crippen LogP contribution in [0.15, 0.2) is 36.4 Å². The highest BCUT2D eigenvalue weighted by Crippen LogP contribution is 2.17. The summed E-state index contributed by atoms with van der Waals surface area (Å²) < 4.78 is 0. The largest absolute Gasteiger partial charge is 0.353 e. The number of carbonyl (C=O) groups excluding carboxylic acids is 1. The zero-order chi connectivity index (χ0) is 17.8. The molecule has 2 aromatic rings. The van der Waals surface area contributed by atoms with Crippen LogP contribution in [0.25, 0.3) is 0 Å². The van der Waals surface area contributed by atoms with Crippen molar-refractivity contribution in [2.75, 3.05) is 31.1 Å². The van der Waals surface area contributed by atoms with E-state index in [1.165, 1.54) is 5.56 Å². The topological polar surface area (TPSA) is 60.2 Å². The van der Waals surface area contributed by atoms with E-state index in [0.717, 1.165) is 30.0 Å². The van der Waals surface area contributed by atoms with Gasteiger partial charge in [-0.3, -0.25) is 4.79 Å². The summed E-state index contributed by atoms with van der Waals surface area (Å²) in [5, 5.41) is 9.13. The second kappa shape index (κ2) is 7.35. The summed E-state index contributed by atoms with van der Waals surface area (Å²) in [4.78, 5) is 21.0. The second-order valence-corrected chi connectivity index (χ2v) is 6.48. The maximum Gasteiger partial charge on any atom is 0.227 e. The average Bonchev–Trinajstić information content (AvgIpc) is 2.64. The lowest BCUT2D eigenvalue weighted by molar-refractivity contribution is -0.130. The van der Waals surface area contributed by atoms with Crippen molar-refractivity contribution < 1.29 is 4.79 Å². The lowest BCUT2D eigenvalue weighted by atomic mass is 10.1. The molecular weight excluding hydrogens is 312 g/mol. The minimum atomic E-state index is 0.165. The third-order valence-corrected chi connectivity index (χ3v) is 4.62. The van der Waals surface area contributed by atoms with E-state index in [4.69, 9.17) is 5.26 Å². The van der Waals surface area contributed by atoms with Gasteiger partial charge in [0.1, 0.15) is 17.6 Å². The second-order valence-electron chi connectivity index (χ2n) is 6.48. The van der Waals surface area contributed by atoms with Crippen LogP contribution in [-0.2, 0) is 11.2 Å². The first-order valence-corrected chi connectivity index (χ1v) is 8.53. The van der Waals surface area contributed by atoms with E-state index >= 15 is 0 Å². The predicted molar refractivity (Wildman–Crippen MR) is 97.4 cm³/mol. The normalized spacial score (nSPS) is 14.3. The van der Waals surface area contributed by atoms with E-state index in [-0.39, 0.29) is 5.91 Å². The van der Waals surface area contributed by atoms with E-state index in [0.29, 0.717) is 25.2 Å². The van der Waals surface area contributed by atoms with Crippen LogP contribution >= 0.6 is 0 Å². The SMILES string of the molecule is Cc1ccc(CC(=O)N2CCN(c3ccc(C)c(C#N)n3)CC2)cc1. The van der Waals surface area contributed by atoms with Crippen molar-refractivity contribution in [3.63, 3.8) is 0 Å². The zero-order valence-corrected chi connectivity index (χ0v) is 14.7. The van der Waals surface area contributed by atoms with Crippen LogP contribution in [0.3, 0.4) is 0 Å². The minimum absolute atomic E-state index is 0.165. The van der Waals surface area contributed by atoms with Gasteiger partial charge in [0.25, 0.3) is 0 Å². The molecule has 3 rings (SSSR count). The molecule has 128 valence electrons. The van der Waals surface area contributed by atoms with Crippen LogP contribution in [0.1, 0.15) is 22.4 Å². The van der Waals surface area contributed by atoms with Gasteiger partial charge in [-0.15, -0.1) is 0 Å². The fraction of sp³-hybridized carbons (Fsp3) is 0.350. The Hall–Kier alpha value is -2.87. The molecule has 0 N–H and O–H groups in total. The number of aryl methyl sites for hydroxylation is 2. The molecular formula is C20H22N4O. The summed E-state index contributed by atoms with van der Waals surface area (Å²) in [5.41, 5.74) is 3.61. The Kier molecular flexibility index (Phi) is 4.99. The number of hydrogen-bond donors (Lipinski definition) is 0. The van der Waals surface area contributed by atoms with E-state index in [1.807, 2.05) is 55.1 Å². The Balaban J connectivity index is 1.59. The first-order valence-electron chi connectivity index (χ1n) is 8.53. The van der Waals surface area contributed by atoms with Crippen LogP contribution in [0, 0.1) is 25.2 Å². The summed E-state index contributed by atoms with van der Waals surface area (Å²) in [6, 6.07) is 14.1. The number of hydrogen-bond acceptors (Lipinski definition) is 4. The number of carbonyl (C=O) groups is 1. The number of piperazine rings is 1. The van der Waals surface area contributed by atoms with E-state index in [9.17, 15) is 4.79 Å². The molecule has 1 aliphatic heterocycles. The molecule has 0 spiro atoms. The monoisotopic (exact) mass is 334 g/mol. The maximum absolute atomic E-state index is 12.5. The molecule has 0 bridgehead atoms. The Morgan fingerprint density at radius 1 is 1.08 bits per heavy atom. The number of pyridine rings is 1. The first kappa shape index (κ1) is 17.0. The fourth-order valence-electron chi connectivity index (χ4n) is 2.99. The van der Waals surface area contributed by atoms with Gasteiger partial charge >= 0.3 is 0 Å². The van der Waals surface area contributed by atoms with Crippen molar-refractivity contribution >= 4 is 11.7 Å². The van der Waals surface area contributed by atoms with Crippen molar-refractivity contribution in [2.24, 2.45) is 0 Å². The Morgan fingerprint density at radius 3 is 2.40 bits per heavy atom. The molecule has 0 aliphatic carbocycles. The van der Waals surface area contributed by atoms with Gasteiger partial charge in [0.15, 0.2) is 0 Å². The number of anilines is 1. The first-order chi connectivity index (χ1) is 12.1. The van der Waals surface area contributed by atoms with Gasteiger partial charge in [-0.05, 0) is 31.0 Å². The molecule has 0 radical (unpaired) electrons. The number of aromatic nitrogens is 1. The maximum atomic E-state index is 12.5. The molecule has 1 aliphatic rings.